The molecule has 1 aromatic carbocycles. The standard InChI is InChI=1S/C13H13BrClN5/c1-19-8-16-18-12(19)4-5-20-11-6-9(14)2-3-10(11)17-13(20)7-15/h2-3,6,8H,4-5,7H2,1H3. The normalized spacial score (nSPS) is 11.3. The van der Waals surface area contributed by atoms with E-state index in [1.165, 1.54) is 0 Å². The van der Waals surface area contributed by atoms with Gasteiger partial charge in [0.25, 0.3) is 0 Å². The second-order valence-corrected chi connectivity index (χ2v) is 5.74. The molecule has 2 aromatic heterocycles. The number of fused-ring (bicyclic) bond motifs is 1. The molecule has 2 heterocycles. The van der Waals surface area contributed by atoms with Gasteiger partial charge >= 0.3 is 0 Å². The Hall–Kier alpha value is -1.40. The van der Waals surface area contributed by atoms with Crippen molar-refractivity contribution < 1.29 is 0 Å². The van der Waals surface area contributed by atoms with Crippen molar-refractivity contribution >= 4 is 38.6 Å². The summed E-state index contributed by atoms with van der Waals surface area (Å²) in [5.41, 5.74) is 2.04. The molecule has 0 aliphatic heterocycles. The quantitative estimate of drug-likeness (QED) is 0.677. The third-order valence-corrected chi connectivity index (χ3v) is 4.01. The molecule has 3 aromatic rings. The molecule has 7 heteroatoms. The van der Waals surface area contributed by atoms with Crippen molar-refractivity contribution in [3.8, 4) is 0 Å². The van der Waals surface area contributed by atoms with Gasteiger partial charge in [0.1, 0.15) is 18.0 Å². The predicted octanol–water partition coefficient (Wildman–Crippen LogP) is 2.91. The smallest absolute Gasteiger partial charge is 0.134 e. The van der Waals surface area contributed by atoms with E-state index in [4.69, 9.17) is 11.6 Å². The number of halogens is 2. The largest absolute Gasteiger partial charge is 0.326 e. The van der Waals surface area contributed by atoms with Crippen LogP contribution in [0.25, 0.3) is 11.0 Å². The van der Waals surface area contributed by atoms with Gasteiger partial charge in [0.2, 0.25) is 0 Å². The van der Waals surface area contributed by atoms with Crippen LogP contribution in [0.1, 0.15) is 11.6 Å². The average Bonchev–Trinajstić information content (AvgIpc) is 2.99. The van der Waals surface area contributed by atoms with Crippen LogP contribution in [0, 0.1) is 0 Å². The van der Waals surface area contributed by atoms with Crippen LogP contribution >= 0.6 is 27.5 Å². The minimum atomic E-state index is 0.394. The van der Waals surface area contributed by atoms with E-state index in [9.17, 15) is 0 Å². The minimum Gasteiger partial charge on any atom is -0.326 e. The van der Waals surface area contributed by atoms with E-state index in [1.54, 1.807) is 6.33 Å². The Morgan fingerprint density at radius 1 is 1.30 bits per heavy atom. The molecule has 0 atom stereocenters. The molecule has 0 saturated carbocycles. The molecule has 5 nitrogen and oxygen atoms in total. The average molecular weight is 355 g/mol. The topological polar surface area (TPSA) is 48.5 Å². The molecular formula is C13H13BrClN5. The van der Waals surface area contributed by atoms with Crippen LogP contribution in [0.15, 0.2) is 29.0 Å². The molecule has 0 unspecified atom stereocenters. The number of aryl methyl sites for hydroxylation is 3. The maximum atomic E-state index is 6.01. The zero-order valence-electron chi connectivity index (χ0n) is 10.9. The number of aromatic nitrogens is 5. The van der Waals surface area contributed by atoms with Gasteiger partial charge in [0.15, 0.2) is 0 Å². The van der Waals surface area contributed by atoms with Gasteiger partial charge in [-0.05, 0) is 18.2 Å². The molecule has 0 fully saturated rings. The van der Waals surface area contributed by atoms with E-state index in [0.29, 0.717) is 5.88 Å². The molecule has 0 radical (unpaired) electrons. The first kappa shape index (κ1) is 13.6. The van der Waals surface area contributed by atoms with Crippen LogP contribution in [-0.4, -0.2) is 24.3 Å². The molecule has 3 rings (SSSR count). The summed E-state index contributed by atoms with van der Waals surface area (Å²) in [4.78, 5) is 4.56. The molecule has 20 heavy (non-hydrogen) atoms. The summed E-state index contributed by atoms with van der Waals surface area (Å²) in [6.45, 7) is 0.779. The van der Waals surface area contributed by atoms with E-state index in [0.717, 1.165) is 40.1 Å². The van der Waals surface area contributed by atoms with E-state index in [2.05, 4.69) is 41.7 Å². The van der Waals surface area contributed by atoms with Gasteiger partial charge < -0.3 is 9.13 Å². The molecular weight excluding hydrogens is 342 g/mol. The molecule has 0 aliphatic rings. The Labute approximate surface area is 129 Å². The van der Waals surface area contributed by atoms with Crippen molar-refractivity contribution in [1.82, 2.24) is 24.3 Å². The highest BCUT2D eigenvalue weighted by molar-refractivity contribution is 9.10. The lowest BCUT2D eigenvalue weighted by Gasteiger charge is -2.07. The second kappa shape index (κ2) is 5.54. The van der Waals surface area contributed by atoms with Crippen LogP contribution in [0.5, 0.6) is 0 Å². The summed E-state index contributed by atoms with van der Waals surface area (Å²) >= 11 is 9.51. The molecule has 0 bridgehead atoms. The summed E-state index contributed by atoms with van der Waals surface area (Å²) in [6.07, 6.45) is 2.50. The van der Waals surface area contributed by atoms with E-state index < -0.39 is 0 Å². The Balaban J connectivity index is 1.97. The highest BCUT2D eigenvalue weighted by Gasteiger charge is 2.11. The Kier molecular flexibility index (Phi) is 3.76. The zero-order valence-corrected chi connectivity index (χ0v) is 13.3. The van der Waals surface area contributed by atoms with Crippen molar-refractivity contribution in [1.29, 1.82) is 0 Å². The van der Waals surface area contributed by atoms with Crippen LogP contribution < -0.4 is 0 Å². The Morgan fingerprint density at radius 2 is 2.15 bits per heavy atom. The van der Waals surface area contributed by atoms with Crippen molar-refractivity contribution in [2.24, 2.45) is 7.05 Å². The lowest BCUT2D eigenvalue weighted by atomic mass is 10.3. The lowest BCUT2D eigenvalue weighted by molar-refractivity contribution is 0.645. The Bertz CT molecular complexity index is 748. The molecule has 0 aliphatic carbocycles. The van der Waals surface area contributed by atoms with Gasteiger partial charge in [-0.1, -0.05) is 15.9 Å². The number of alkyl halides is 1. The molecule has 0 amide bonds. The van der Waals surface area contributed by atoms with Gasteiger partial charge in [0.05, 0.1) is 16.9 Å². The fourth-order valence-electron chi connectivity index (χ4n) is 2.24. The number of hydrogen-bond acceptors (Lipinski definition) is 3. The van der Waals surface area contributed by atoms with E-state index >= 15 is 0 Å². The van der Waals surface area contributed by atoms with Crippen molar-refractivity contribution in [2.45, 2.75) is 18.8 Å². The number of rotatable bonds is 4. The van der Waals surface area contributed by atoms with Gasteiger partial charge in [-0.25, -0.2) is 4.98 Å². The highest BCUT2D eigenvalue weighted by atomic mass is 79.9. The third kappa shape index (κ3) is 2.45. The lowest BCUT2D eigenvalue weighted by Crippen LogP contribution is -2.08. The van der Waals surface area contributed by atoms with Crippen molar-refractivity contribution in [3.63, 3.8) is 0 Å². The fraction of sp³-hybridized carbons (Fsp3) is 0.308. The number of hydrogen-bond donors (Lipinski definition) is 0. The SMILES string of the molecule is Cn1cnnc1CCn1c(CCl)nc2ccc(Br)cc21. The maximum absolute atomic E-state index is 6.01. The van der Waals surface area contributed by atoms with Gasteiger partial charge in [0, 0.05) is 24.5 Å². The monoisotopic (exact) mass is 353 g/mol. The first-order valence-electron chi connectivity index (χ1n) is 6.22. The number of nitrogens with zero attached hydrogens (tertiary/aromatic N) is 5. The molecule has 104 valence electrons. The predicted molar refractivity (Wildman–Crippen MR) is 81.7 cm³/mol. The van der Waals surface area contributed by atoms with Crippen LogP contribution in [0.2, 0.25) is 0 Å². The van der Waals surface area contributed by atoms with Crippen molar-refractivity contribution in [3.05, 3.63) is 40.6 Å². The second-order valence-electron chi connectivity index (χ2n) is 4.55. The minimum absolute atomic E-state index is 0.394. The first-order valence-corrected chi connectivity index (χ1v) is 7.55. The molecule has 0 spiro atoms. The zero-order chi connectivity index (χ0) is 14.1. The summed E-state index contributed by atoms with van der Waals surface area (Å²) < 4.78 is 5.10. The third-order valence-electron chi connectivity index (χ3n) is 3.27. The molecule has 0 saturated heterocycles. The van der Waals surface area contributed by atoms with Gasteiger partial charge in [-0.15, -0.1) is 21.8 Å². The first-order chi connectivity index (χ1) is 9.69. The highest BCUT2D eigenvalue weighted by Crippen LogP contribution is 2.22. The van der Waals surface area contributed by atoms with E-state index in [-0.39, 0.29) is 0 Å². The van der Waals surface area contributed by atoms with Gasteiger partial charge in [-0.2, -0.15) is 0 Å². The van der Waals surface area contributed by atoms with Crippen LogP contribution in [0.4, 0.5) is 0 Å². The maximum Gasteiger partial charge on any atom is 0.134 e. The van der Waals surface area contributed by atoms with Crippen LogP contribution in [-0.2, 0) is 25.9 Å². The van der Waals surface area contributed by atoms with Gasteiger partial charge in [-0.3, -0.25) is 0 Å². The van der Waals surface area contributed by atoms with Crippen LogP contribution in [0.3, 0.4) is 0 Å². The summed E-state index contributed by atoms with van der Waals surface area (Å²) in [7, 11) is 1.94. The number of imidazole rings is 1. The molecule has 0 N–H and O–H groups in total. The Morgan fingerprint density at radius 3 is 2.85 bits per heavy atom. The van der Waals surface area contributed by atoms with Crippen molar-refractivity contribution in [2.75, 3.05) is 0 Å². The summed E-state index contributed by atoms with van der Waals surface area (Å²) in [6, 6.07) is 6.05. The van der Waals surface area contributed by atoms with E-state index in [1.807, 2.05) is 23.7 Å². The summed E-state index contributed by atoms with van der Waals surface area (Å²) in [5, 5.41) is 8.00. The summed E-state index contributed by atoms with van der Waals surface area (Å²) in [5.74, 6) is 2.22. The number of benzene rings is 1. The fourth-order valence-corrected chi connectivity index (χ4v) is 2.80.